The minimum absolute atomic E-state index is 0.0337. The van der Waals surface area contributed by atoms with Crippen LogP contribution < -0.4 is 10.6 Å². The Bertz CT molecular complexity index is 525. The van der Waals surface area contributed by atoms with Crippen LogP contribution >= 0.6 is 0 Å². The van der Waals surface area contributed by atoms with Gasteiger partial charge in [-0.25, -0.2) is 4.98 Å². The van der Waals surface area contributed by atoms with E-state index in [0.29, 0.717) is 5.92 Å². The topological polar surface area (TPSA) is 62.5 Å². The predicted octanol–water partition coefficient (Wildman–Crippen LogP) is 1.59. The molecule has 1 amide bonds. The van der Waals surface area contributed by atoms with Crippen LogP contribution in [0.3, 0.4) is 0 Å². The molecule has 0 aliphatic carbocycles. The van der Waals surface area contributed by atoms with Crippen LogP contribution in [0.5, 0.6) is 0 Å². The summed E-state index contributed by atoms with van der Waals surface area (Å²) < 4.78 is 0. The molecule has 1 aromatic rings. The van der Waals surface area contributed by atoms with Crippen LogP contribution in [-0.4, -0.2) is 49.0 Å². The van der Waals surface area contributed by atoms with Gasteiger partial charge in [0, 0.05) is 37.2 Å². The predicted molar refractivity (Wildman–Crippen MR) is 87.8 cm³/mol. The monoisotopic (exact) mass is 302 g/mol. The van der Waals surface area contributed by atoms with Crippen LogP contribution in [0.25, 0.3) is 0 Å². The Labute approximate surface area is 132 Å². The highest BCUT2D eigenvalue weighted by atomic mass is 16.1. The van der Waals surface area contributed by atoms with Gasteiger partial charge < -0.3 is 15.5 Å². The molecule has 0 saturated carbocycles. The Morgan fingerprint density at radius 2 is 2.00 bits per heavy atom. The number of aromatic nitrogens is 1. The number of carbonyl (C=O) groups excluding carboxylic acids is 1. The number of rotatable bonds is 3. The molecule has 2 aliphatic rings. The lowest BCUT2D eigenvalue weighted by Crippen LogP contribution is -2.39. The summed E-state index contributed by atoms with van der Waals surface area (Å²) in [7, 11) is 2.19. The largest absolute Gasteiger partial charge is 0.369 e. The van der Waals surface area contributed by atoms with Crippen molar-refractivity contribution in [2.75, 3.05) is 38.1 Å². The van der Waals surface area contributed by atoms with Crippen molar-refractivity contribution >= 4 is 11.7 Å². The molecule has 0 bridgehead atoms. The number of piperidine rings is 2. The maximum atomic E-state index is 11.3. The average Bonchev–Trinajstić information content (AvgIpc) is 2.55. The molecule has 3 heterocycles. The van der Waals surface area contributed by atoms with Crippen LogP contribution in [0.2, 0.25) is 0 Å². The Hall–Kier alpha value is -1.62. The number of nitrogens with two attached hydrogens (primary N) is 1. The molecule has 0 aromatic carbocycles. The van der Waals surface area contributed by atoms with Gasteiger partial charge in [-0.3, -0.25) is 4.79 Å². The molecule has 5 nitrogen and oxygen atoms in total. The summed E-state index contributed by atoms with van der Waals surface area (Å²) in [5.74, 6) is 1.47. The summed E-state index contributed by atoms with van der Waals surface area (Å²) in [6.07, 6.45) is 4.16. The third-order valence-electron chi connectivity index (χ3n) is 5.02. The third kappa shape index (κ3) is 3.40. The molecular formula is C17H26N4O. The number of hydrogen-bond acceptors (Lipinski definition) is 4. The van der Waals surface area contributed by atoms with Crippen molar-refractivity contribution in [1.82, 2.24) is 9.88 Å². The smallest absolute Gasteiger partial charge is 0.220 e. The highest BCUT2D eigenvalue weighted by molar-refractivity contribution is 5.76. The second-order valence-electron chi connectivity index (χ2n) is 6.69. The van der Waals surface area contributed by atoms with Gasteiger partial charge in [0.05, 0.1) is 0 Å². The normalized spacial score (nSPS) is 24.4. The number of hydrogen-bond donors (Lipinski definition) is 1. The molecular weight excluding hydrogens is 276 g/mol. The van der Waals surface area contributed by atoms with E-state index in [1.807, 2.05) is 0 Å². The van der Waals surface area contributed by atoms with E-state index in [4.69, 9.17) is 10.7 Å². The summed E-state index contributed by atoms with van der Waals surface area (Å²) in [5.41, 5.74) is 6.62. The Morgan fingerprint density at radius 3 is 2.68 bits per heavy atom. The molecule has 2 saturated heterocycles. The van der Waals surface area contributed by atoms with Gasteiger partial charge in [-0.1, -0.05) is 6.07 Å². The minimum atomic E-state index is -0.161. The summed E-state index contributed by atoms with van der Waals surface area (Å²) >= 11 is 0. The lowest BCUT2D eigenvalue weighted by Gasteiger charge is -2.33. The first-order valence-electron chi connectivity index (χ1n) is 8.33. The third-order valence-corrected chi connectivity index (χ3v) is 5.02. The van der Waals surface area contributed by atoms with E-state index < -0.39 is 0 Å². The summed E-state index contributed by atoms with van der Waals surface area (Å²) in [6, 6.07) is 6.36. The van der Waals surface area contributed by atoms with Crippen molar-refractivity contribution in [3.63, 3.8) is 0 Å². The molecule has 0 radical (unpaired) electrons. The van der Waals surface area contributed by atoms with Gasteiger partial charge in [-0.05, 0) is 51.4 Å². The Balaban J connectivity index is 1.68. The van der Waals surface area contributed by atoms with Gasteiger partial charge in [-0.15, -0.1) is 0 Å². The van der Waals surface area contributed by atoms with Gasteiger partial charge in [0.15, 0.2) is 0 Å². The molecule has 1 atom stereocenters. The van der Waals surface area contributed by atoms with Gasteiger partial charge in [0.2, 0.25) is 5.91 Å². The zero-order valence-electron chi connectivity index (χ0n) is 13.4. The molecule has 0 spiro atoms. The van der Waals surface area contributed by atoms with Crippen LogP contribution in [0.15, 0.2) is 18.2 Å². The van der Waals surface area contributed by atoms with Gasteiger partial charge >= 0.3 is 0 Å². The van der Waals surface area contributed by atoms with E-state index in [2.05, 4.69) is 35.0 Å². The fourth-order valence-corrected chi connectivity index (χ4v) is 3.64. The van der Waals surface area contributed by atoms with E-state index in [1.54, 1.807) is 0 Å². The van der Waals surface area contributed by atoms with Crippen molar-refractivity contribution in [1.29, 1.82) is 0 Å². The molecule has 1 unspecified atom stereocenters. The maximum Gasteiger partial charge on any atom is 0.220 e. The van der Waals surface area contributed by atoms with Crippen LogP contribution in [-0.2, 0) is 4.79 Å². The van der Waals surface area contributed by atoms with Crippen molar-refractivity contribution in [3.05, 3.63) is 23.9 Å². The van der Waals surface area contributed by atoms with Crippen LogP contribution in [0, 0.1) is 5.92 Å². The second kappa shape index (κ2) is 6.65. The van der Waals surface area contributed by atoms with Gasteiger partial charge in [0.1, 0.15) is 5.82 Å². The van der Waals surface area contributed by atoms with Crippen LogP contribution in [0.1, 0.15) is 37.3 Å². The fourth-order valence-electron chi connectivity index (χ4n) is 3.64. The average molecular weight is 302 g/mol. The van der Waals surface area contributed by atoms with Crippen molar-refractivity contribution in [3.8, 4) is 0 Å². The number of amides is 1. The fraction of sp³-hybridized carbons (Fsp3) is 0.647. The zero-order valence-corrected chi connectivity index (χ0v) is 13.4. The van der Waals surface area contributed by atoms with E-state index in [0.717, 1.165) is 38.3 Å². The highest BCUT2D eigenvalue weighted by Crippen LogP contribution is 2.27. The first-order valence-corrected chi connectivity index (χ1v) is 8.33. The summed E-state index contributed by atoms with van der Waals surface area (Å²) in [4.78, 5) is 20.9. The number of carbonyl (C=O) groups is 1. The van der Waals surface area contributed by atoms with Crippen LogP contribution in [0.4, 0.5) is 5.82 Å². The van der Waals surface area contributed by atoms with E-state index >= 15 is 0 Å². The zero-order chi connectivity index (χ0) is 15.5. The first kappa shape index (κ1) is 15.3. The van der Waals surface area contributed by atoms with E-state index in [-0.39, 0.29) is 11.8 Å². The molecule has 120 valence electrons. The number of primary amides is 1. The molecule has 2 N–H and O–H groups in total. The molecule has 22 heavy (non-hydrogen) atoms. The number of anilines is 1. The number of likely N-dealkylation sites (tertiary alicyclic amines) is 1. The summed E-state index contributed by atoms with van der Waals surface area (Å²) in [6.45, 7) is 4.03. The standard InChI is InChI=1S/C17H26N4O/c1-20-9-3-4-14(12-20)15-5-2-6-16(19-15)21-10-7-13(8-11-21)17(18)22/h2,5-6,13-14H,3-4,7-12H2,1H3,(H2,18,22). The lowest BCUT2D eigenvalue weighted by atomic mass is 9.94. The quantitative estimate of drug-likeness (QED) is 0.921. The van der Waals surface area contributed by atoms with E-state index in [9.17, 15) is 4.79 Å². The first-order chi connectivity index (χ1) is 10.6. The van der Waals surface area contributed by atoms with E-state index in [1.165, 1.54) is 25.1 Å². The van der Waals surface area contributed by atoms with Crippen molar-refractivity contribution < 1.29 is 4.79 Å². The molecule has 5 heteroatoms. The molecule has 3 rings (SSSR count). The second-order valence-corrected chi connectivity index (χ2v) is 6.69. The van der Waals surface area contributed by atoms with Crippen molar-refractivity contribution in [2.24, 2.45) is 11.7 Å². The van der Waals surface area contributed by atoms with Gasteiger partial charge in [0.25, 0.3) is 0 Å². The number of pyridine rings is 1. The SMILES string of the molecule is CN1CCCC(c2cccc(N3CCC(C(N)=O)CC3)n2)C1. The molecule has 2 aliphatic heterocycles. The molecule has 1 aromatic heterocycles. The summed E-state index contributed by atoms with van der Waals surface area (Å²) in [5, 5.41) is 0. The molecule has 2 fully saturated rings. The Kier molecular flexibility index (Phi) is 4.62. The number of nitrogens with zero attached hydrogens (tertiary/aromatic N) is 3. The highest BCUT2D eigenvalue weighted by Gasteiger charge is 2.25. The van der Waals surface area contributed by atoms with Crippen molar-refractivity contribution in [2.45, 2.75) is 31.6 Å². The number of likely N-dealkylation sites (N-methyl/N-ethyl adjacent to an activating group) is 1. The minimum Gasteiger partial charge on any atom is -0.369 e. The van der Waals surface area contributed by atoms with Gasteiger partial charge in [-0.2, -0.15) is 0 Å². The lowest BCUT2D eigenvalue weighted by molar-refractivity contribution is -0.122. The Morgan fingerprint density at radius 1 is 1.23 bits per heavy atom. The maximum absolute atomic E-state index is 11.3.